The number of methoxy groups -OCH3 is 2. The minimum Gasteiger partial charge on any atom is -0.382 e. The lowest BCUT2D eigenvalue weighted by molar-refractivity contribution is -0.0206. The maximum absolute atomic E-state index is 5.59. The molecule has 4 nitrogen and oxygen atoms in total. The van der Waals surface area contributed by atoms with E-state index in [1.54, 1.807) is 14.2 Å². The van der Waals surface area contributed by atoms with Gasteiger partial charge in [0.2, 0.25) is 0 Å². The van der Waals surface area contributed by atoms with Gasteiger partial charge in [0.05, 0.1) is 25.9 Å². The summed E-state index contributed by atoms with van der Waals surface area (Å²) in [7, 11) is 3.36. The first-order valence-electron chi connectivity index (χ1n) is 5.50. The number of hydrogen-bond donors (Lipinski definition) is 1. The fraction of sp³-hybridized carbons (Fsp3) is 1.00. The van der Waals surface area contributed by atoms with E-state index >= 15 is 0 Å². The molecular formula is C11H25NO3. The molecule has 0 aromatic carbocycles. The molecule has 0 radical (unpaired) electrons. The summed E-state index contributed by atoms with van der Waals surface area (Å²) in [6.07, 6.45) is 0.115. The molecule has 0 aliphatic heterocycles. The van der Waals surface area contributed by atoms with Crippen molar-refractivity contribution in [3.63, 3.8) is 0 Å². The molecule has 0 aromatic heterocycles. The second-order valence-electron chi connectivity index (χ2n) is 3.99. The number of rotatable bonds is 10. The van der Waals surface area contributed by atoms with E-state index < -0.39 is 0 Å². The van der Waals surface area contributed by atoms with E-state index in [1.165, 1.54) is 0 Å². The number of hydrogen-bond acceptors (Lipinski definition) is 4. The predicted molar refractivity (Wildman–Crippen MR) is 61.2 cm³/mol. The molecule has 92 valence electrons. The third kappa shape index (κ3) is 10.1. The third-order valence-corrected chi connectivity index (χ3v) is 1.92. The lowest BCUT2D eigenvalue weighted by Gasteiger charge is -2.18. The predicted octanol–water partition coefficient (Wildman–Crippen LogP) is 0.910. The summed E-state index contributed by atoms with van der Waals surface area (Å²) in [6.45, 7) is 8.07. The van der Waals surface area contributed by atoms with Crippen molar-refractivity contribution in [2.75, 3.05) is 47.1 Å². The molecule has 4 heteroatoms. The highest BCUT2D eigenvalue weighted by molar-refractivity contribution is 4.62. The van der Waals surface area contributed by atoms with E-state index in [0.717, 1.165) is 13.1 Å². The van der Waals surface area contributed by atoms with E-state index in [0.29, 0.717) is 25.7 Å². The molecule has 0 fully saturated rings. The molecule has 0 heterocycles. The molecule has 1 N–H and O–H groups in total. The zero-order chi connectivity index (χ0) is 11.5. The van der Waals surface area contributed by atoms with Gasteiger partial charge in [-0.3, -0.25) is 0 Å². The molecule has 0 saturated heterocycles. The second-order valence-corrected chi connectivity index (χ2v) is 3.99. The maximum atomic E-state index is 5.59. The van der Waals surface area contributed by atoms with Crippen LogP contribution in [0.2, 0.25) is 0 Å². The summed E-state index contributed by atoms with van der Waals surface area (Å²) in [5.41, 5.74) is 0. The molecule has 1 atom stereocenters. The topological polar surface area (TPSA) is 39.7 Å². The summed E-state index contributed by atoms with van der Waals surface area (Å²) >= 11 is 0. The summed E-state index contributed by atoms with van der Waals surface area (Å²) in [5.74, 6) is 0.659. The zero-order valence-corrected chi connectivity index (χ0v) is 10.4. The Labute approximate surface area is 93.3 Å². The van der Waals surface area contributed by atoms with Crippen LogP contribution < -0.4 is 5.32 Å². The van der Waals surface area contributed by atoms with Crippen molar-refractivity contribution < 1.29 is 14.2 Å². The van der Waals surface area contributed by atoms with Crippen molar-refractivity contribution in [1.29, 1.82) is 0 Å². The van der Waals surface area contributed by atoms with Crippen molar-refractivity contribution in [2.45, 2.75) is 20.0 Å². The van der Waals surface area contributed by atoms with Crippen molar-refractivity contribution in [3.8, 4) is 0 Å². The molecular weight excluding hydrogens is 194 g/mol. The Morgan fingerprint density at radius 3 is 2.27 bits per heavy atom. The van der Waals surface area contributed by atoms with Gasteiger partial charge in [0.15, 0.2) is 0 Å². The van der Waals surface area contributed by atoms with Crippen LogP contribution in [-0.4, -0.2) is 53.2 Å². The molecule has 0 amide bonds. The monoisotopic (exact) mass is 219 g/mol. The first-order chi connectivity index (χ1) is 7.20. The first-order valence-corrected chi connectivity index (χ1v) is 5.50. The van der Waals surface area contributed by atoms with Gasteiger partial charge in [-0.1, -0.05) is 13.8 Å². The van der Waals surface area contributed by atoms with Gasteiger partial charge in [0.25, 0.3) is 0 Å². The van der Waals surface area contributed by atoms with Crippen LogP contribution in [0.1, 0.15) is 13.8 Å². The zero-order valence-electron chi connectivity index (χ0n) is 10.4. The molecule has 0 saturated carbocycles. The van der Waals surface area contributed by atoms with Crippen molar-refractivity contribution >= 4 is 0 Å². The normalized spacial score (nSPS) is 13.4. The van der Waals surface area contributed by atoms with Crippen molar-refractivity contribution in [2.24, 2.45) is 5.92 Å². The Balaban J connectivity index is 3.53. The van der Waals surface area contributed by atoms with Crippen molar-refractivity contribution in [1.82, 2.24) is 5.32 Å². The Kier molecular flexibility index (Phi) is 10.3. The molecule has 0 bridgehead atoms. The van der Waals surface area contributed by atoms with Crippen LogP contribution in [-0.2, 0) is 14.2 Å². The molecule has 0 spiro atoms. The minimum atomic E-state index is 0.115. The van der Waals surface area contributed by atoms with E-state index in [2.05, 4.69) is 19.2 Å². The van der Waals surface area contributed by atoms with Crippen LogP contribution in [0.5, 0.6) is 0 Å². The Morgan fingerprint density at radius 2 is 1.73 bits per heavy atom. The quantitative estimate of drug-likeness (QED) is 0.554. The van der Waals surface area contributed by atoms with Gasteiger partial charge >= 0.3 is 0 Å². The summed E-state index contributed by atoms with van der Waals surface area (Å²) in [6, 6.07) is 0. The Bertz CT molecular complexity index is 131. The molecule has 0 aromatic rings. The summed E-state index contributed by atoms with van der Waals surface area (Å²) < 4.78 is 15.6. The van der Waals surface area contributed by atoms with Gasteiger partial charge in [-0.25, -0.2) is 0 Å². The average molecular weight is 219 g/mol. The van der Waals surface area contributed by atoms with E-state index in [9.17, 15) is 0 Å². The first kappa shape index (κ1) is 14.8. The Hall–Kier alpha value is -0.160. The van der Waals surface area contributed by atoms with Gasteiger partial charge in [-0.15, -0.1) is 0 Å². The molecule has 0 rings (SSSR count). The van der Waals surface area contributed by atoms with Crippen LogP contribution in [0.4, 0.5) is 0 Å². The van der Waals surface area contributed by atoms with Gasteiger partial charge in [0.1, 0.15) is 0 Å². The van der Waals surface area contributed by atoms with Gasteiger partial charge in [-0.05, 0) is 12.5 Å². The maximum Gasteiger partial charge on any atom is 0.0933 e. The smallest absolute Gasteiger partial charge is 0.0933 e. The number of ether oxygens (including phenoxy) is 3. The SMILES string of the molecule is COCCOC(CNCC(C)C)COC. The van der Waals surface area contributed by atoms with E-state index in [1.807, 2.05) is 0 Å². The highest BCUT2D eigenvalue weighted by Gasteiger charge is 2.08. The minimum absolute atomic E-state index is 0.115. The average Bonchev–Trinajstić information content (AvgIpc) is 2.17. The largest absolute Gasteiger partial charge is 0.382 e. The van der Waals surface area contributed by atoms with Gasteiger partial charge < -0.3 is 19.5 Å². The highest BCUT2D eigenvalue weighted by atomic mass is 16.5. The van der Waals surface area contributed by atoms with E-state index in [4.69, 9.17) is 14.2 Å². The third-order valence-electron chi connectivity index (χ3n) is 1.92. The molecule has 1 unspecified atom stereocenters. The molecule has 15 heavy (non-hydrogen) atoms. The number of nitrogens with one attached hydrogen (secondary N) is 1. The molecule has 0 aliphatic rings. The lowest BCUT2D eigenvalue weighted by atomic mass is 10.2. The highest BCUT2D eigenvalue weighted by Crippen LogP contribution is 1.93. The second kappa shape index (κ2) is 10.4. The van der Waals surface area contributed by atoms with Gasteiger partial charge in [-0.2, -0.15) is 0 Å². The van der Waals surface area contributed by atoms with E-state index in [-0.39, 0.29) is 6.10 Å². The van der Waals surface area contributed by atoms with Crippen LogP contribution >= 0.6 is 0 Å². The Morgan fingerprint density at radius 1 is 1.00 bits per heavy atom. The fourth-order valence-corrected chi connectivity index (χ4v) is 1.18. The summed E-state index contributed by atoms with van der Waals surface area (Å²) in [4.78, 5) is 0. The lowest BCUT2D eigenvalue weighted by Crippen LogP contribution is -2.35. The standard InChI is InChI=1S/C11H25NO3/c1-10(2)7-12-8-11(9-14-4)15-6-5-13-3/h10-12H,5-9H2,1-4H3. The van der Waals surface area contributed by atoms with Crippen LogP contribution in [0.25, 0.3) is 0 Å². The molecule has 0 aliphatic carbocycles. The van der Waals surface area contributed by atoms with Crippen LogP contribution in [0.3, 0.4) is 0 Å². The van der Waals surface area contributed by atoms with Crippen LogP contribution in [0.15, 0.2) is 0 Å². The van der Waals surface area contributed by atoms with Gasteiger partial charge in [0, 0.05) is 20.8 Å². The summed E-state index contributed by atoms with van der Waals surface area (Å²) in [5, 5.41) is 3.35. The van der Waals surface area contributed by atoms with Crippen LogP contribution in [0, 0.1) is 5.92 Å². The van der Waals surface area contributed by atoms with Crippen molar-refractivity contribution in [3.05, 3.63) is 0 Å². The fourth-order valence-electron chi connectivity index (χ4n) is 1.18.